The van der Waals surface area contributed by atoms with Crippen LogP contribution in [0.3, 0.4) is 0 Å². The molecule has 354 valence electrons. The van der Waals surface area contributed by atoms with Gasteiger partial charge in [0.05, 0.1) is 11.0 Å². The number of fused-ring (bicyclic) bond motifs is 2. The highest BCUT2D eigenvalue weighted by molar-refractivity contribution is 5.96. The van der Waals surface area contributed by atoms with Gasteiger partial charge in [0, 0.05) is 74.5 Å². The third-order valence-corrected chi connectivity index (χ3v) is 10.7. The maximum Gasteiger partial charge on any atom is 0.573 e. The third-order valence-electron chi connectivity index (χ3n) is 10.7. The van der Waals surface area contributed by atoms with Crippen LogP contribution in [0.15, 0.2) is 97.1 Å². The van der Waals surface area contributed by atoms with E-state index >= 15 is 0 Å². The van der Waals surface area contributed by atoms with Crippen LogP contribution in [0.2, 0.25) is 0 Å². The zero-order chi connectivity index (χ0) is 47.7. The minimum Gasteiger partial charge on any atom is -0.484 e. The lowest BCUT2D eigenvalue weighted by molar-refractivity contribution is -0.275. The second kappa shape index (κ2) is 21.1. The fraction of sp³-hybridized carbons (Fsp3) is 0.319. The number of pyridine rings is 2. The molecule has 6 aromatic rings. The number of halogens is 6. The fourth-order valence-corrected chi connectivity index (χ4v) is 7.33. The Labute approximate surface area is 381 Å². The van der Waals surface area contributed by atoms with Crippen molar-refractivity contribution in [3.63, 3.8) is 0 Å². The molecule has 2 saturated heterocycles. The van der Waals surface area contributed by atoms with E-state index in [4.69, 9.17) is 19.4 Å². The van der Waals surface area contributed by atoms with E-state index in [0.29, 0.717) is 11.4 Å². The number of alkyl halides is 6. The van der Waals surface area contributed by atoms with Crippen molar-refractivity contribution in [2.45, 2.75) is 26.6 Å². The van der Waals surface area contributed by atoms with Crippen molar-refractivity contribution in [1.82, 2.24) is 20.2 Å². The molecule has 2 aliphatic heterocycles. The average molecular weight is 935 g/mol. The zero-order valence-corrected chi connectivity index (χ0v) is 36.8. The summed E-state index contributed by atoms with van der Waals surface area (Å²) in [4.78, 5) is 41.0. The number of rotatable bonds is 12. The van der Waals surface area contributed by atoms with Crippen LogP contribution in [0, 0.1) is 13.8 Å². The normalized spacial score (nSPS) is 14.5. The quantitative estimate of drug-likeness (QED) is 0.102. The van der Waals surface area contributed by atoms with E-state index in [9.17, 15) is 35.9 Å². The molecule has 0 unspecified atom stereocenters. The van der Waals surface area contributed by atoms with Crippen molar-refractivity contribution in [3.05, 3.63) is 108 Å². The predicted molar refractivity (Wildman–Crippen MR) is 242 cm³/mol. The van der Waals surface area contributed by atoms with Crippen molar-refractivity contribution in [3.8, 4) is 23.0 Å². The number of nitrogens with zero attached hydrogens (tertiary/aromatic N) is 5. The van der Waals surface area contributed by atoms with Crippen molar-refractivity contribution < 1.29 is 54.9 Å². The first-order valence-corrected chi connectivity index (χ1v) is 21.2. The minimum atomic E-state index is -4.76. The van der Waals surface area contributed by atoms with E-state index in [2.05, 4.69) is 59.3 Å². The van der Waals surface area contributed by atoms with Crippen LogP contribution in [0.1, 0.15) is 11.1 Å². The van der Waals surface area contributed by atoms with E-state index in [1.54, 1.807) is 12.1 Å². The molecule has 14 nitrogen and oxygen atoms in total. The third kappa shape index (κ3) is 14.0. The second-order valence-electron chi connectivity index (χ2n) is 15.8. The van der Waals surface area contributed by atoms with Crippen molar-refractivity contribution in [2.24, 2.45) is 0 Å². The summed E-state index contributed by atoms with van der Waals surface area (Å²) in [5, 5.41) is 10.7. The Bertz CT molecular complexity index is 2660. The Kier molecular flexibility index (Phi) is 15.0. The lowest BCUT2D eigenvalue weighted by atomic mass is 10.1. The summed E-state index contributed by atoms with van der Waals surface area (Å²) in [6.45, 7) is 11.0. The summed E-state index contributed by atoms with van der Waals surface area (Å²) < 4.78 is 91.6. The number of anilines is 4. The molecule has 0 aliphatic carbocycles. The van der Waals surface area contributed by atoms with Crippen molar-refractivity contribution in [2.75, 3.05) is 93.1 Å². The fourth-order valence-electron chi connectivity index (χ4n) is 7.33. The number of aromatic nitrogens is 2. The van der Waals surface area contributed by atoms with E-state index in [0.717, 1.165) is 121 Å². The number of likely N-dealkylation sites (N-methyl/N-ethyl adjacent to an activating group) is 1. The molecular formula is C47H48F6N8O6. The standard InChI is InChI=1S/C24H25F3N4O3.C23H23F3N4O3/c1-16-13-22(31-11-9-30(2)10-12-31)29-21-8-3-17(14-20(16)21)28-23(32)15-33-18-4-6-19(7-5-18)34-24(25,26)27;1-15-12-21(30-10-8-27-9-11-30)29-20-7-2-16(13-19(15)20)28-22(31)14-32-17-3-5-18(6-4-17)33-23(24,25)26/h3-8,13-14H,9-12,15H2,1-2H3,(H,28,32);2-7,12-13,27H,8-11,14H2,1H3,(H,28,31). The van der Waals surface area contributed by atoms with Crippen LogP contribution >= 0.6 is 0 Å². The van der Waals surface area contributed by atoms with Gasteiger partial charge in [-0.05, 0) is 129 Å². The molecule has 3 N–H and O–H groups in total. The lowest BCUT2D eigenvalue weighted by Gasteiger charge is -2.33. The molecule has 0 bridgehead atoms. The molecular weight excluding hydrogens is 887 g/mol. The number of piperazine rings is 2. The number of amides is 2. The van der Waals surface area contributed by atoms with E-state index in [1.165, 1.54) is 24.3 Å². The van der Waals surface area contributed by atoms with Crippen LogP contribution in [-0.2, 0) is 9.59 Å². The van der Waals surface area contributed by atoms with Crippen molar-refractivity contribution >= 4 is 56.6 Å². The number of hydrogen-bond donors (Lipinski definition) is 3. The highest BCUT2D eigenvalue weighted by Gasteiger charge is 2.32. The largest absolute Gasteiger partial charge is 0.573 e. The molecule has 67 heavy (non-hydrogen) atoms. The molecule has 2 fully saturated rings. The van der Waals surface area contributed by atoms with Crippen LogP contribution in [0.4, 0.5) is 49.4 Å². The van der Waals surface area contributed by atoms with E-state index in [-0.39, 0.29) is 36.2 Å². The van der Waals surface area contributed by atoms with Crippen LogP contribution < -0.4 is 44.7 Å². The Morgan fingerprint density at radius 2 is 0.955 bits per heavy atom. The summed E-state index contributed by atoms with van der Waals surface area (Å²) in [5.41, 5.74) is 5.02. The van der Waals surface area contributed by atoms with Gasteiger partial charge in [0.15, 0.2) is 13.2 Å². The highest BCUT2D eigenvalue weighted by atomic mass is 19.4. The molecule has 20 heteroatoms. The minimum absolute atomic E-state index is 0.249. The predicted octanol–water partition coefficient (Wildman–Crippen LogP) is 8.08. The Morgan fingerprint density at radius 1 is 0.567 bits per heavy atom. The summed E-state index contributed by atoms with van der Waals surface area (Å²) in [5.74, 6) is 0.883. The Hall–Kier alpha value is -7.06. The monoisotopic (exact) mass is 934 g/mol. The SMILES string of the molecule is Cc1cc(N2CCN(C)CC2)nc2ccc(NC(=O)COc3ccc(OC(F)(F)F)cc3)cc12.Cc1cc(N2CCNCC2)nc2ccc(NC(=O)COc3ccc(OC(F)(F)F)cc3)cc12. The highest BCUT2D eigenvalue weighted by Crippen LogP contribution is 2.29. The smallest absolute Gasteiger partial charge is 0.484 e. The van der Waals surface area contributed by atoms with Gasteiger partial charge in [-0.25, -0.2) is 9.97 Å². The first-order valence-electron chi connectivity index (χ1n) is 21.2. The first-order chi connectivity index (χ1) is 31.9. The molecule has 2 amide bonds. The molecule has 0 atom stereocenters. The maximum absolute atomic E-state index is 12.3. The first kappa shape index (κ1) is 47.9. The molecule has 0 spiro atoms. The number of carbonyl (C=O) groups is 2. The van der Waals surface area contributed by atoms with Crippen LogP contribution in [0.5, 0.6) is 23.0 Å². The maximum atomic E-state index is 12.3. The molecule has 0 radical (unpaired) electrons. The van der Waals surface area contributed by atoms with Crippen LogP contribution in [0.25, 0.3) is 21.8 Å². The van der Waals surface area contributed by atoms with Gasteiger partial charge in [-0.15, -0.1) is 26.3 Å². The number of nitrogens with one attached hydrogen (secondary N) is 3. The Morgan fingerprint density at radius 3 is 1.36 bits per heavy atom. The topological polar surface area (TPSA) is 143 Å². The van der Waals surface area contributed by atoms with Crippen molar-refractivity contribution in [1.29, 1.82) is 0 Å². The van der Waals surface area contributed by atoms with E-state index < -0.39 is 24.5 Å². The second-order valence-corrected chi connectivity index (χ2v) is 15.8. The van der Waals surface area contributed by atoms with E-state index in [1.807, 2.05) is 38.1 Å². The van der Waals surface area contributed by atoms with Gasteiger partial charge in [0.1, 0.15) is 34.6 Å². The van der Waals surface area contributed by atoms with Gasteiger partial charge < -0.3 is 49.6 Å². The summed E-state index contributed by atoms with van der Waals surface area (Å²) in [7, 11) is 2.11. The number of aryl methyl sites for hydroxylation is 2. The zero-order valence-electron chi connectivity index (χ0n) is 36.8. The summed E-state index contributed by atoms with van der Waals surface area (Å²) >= 11 is 0. The molecule has 8 rings (SSSR count). The van der Waals surface area contributed by atoms with Gasteiger partial charge in [-0.1, -0.05) is 0 Å². The number of hydrogen-bond acceptors (Lipinski definition) is 12. The van der Waals surface area contributed by atoms with Gasteiger partial charge in [-0.3, -0.25) is 9.59 Å². The van der Waals surface area contributed by atoms with Gasteiger partial charge in [0.25, 0.3) is 11.8 Å². The molecule has 4 heterocycles. The number of benzene rings is 4. The van der Waals surface area contributed by atoms with Gasteiger partial charge >= 0.3 is 12.7 Å². The van der Waals surface area contributed by atoms with Gasteiger partial charge in [-0.2, -0.15) is 0 Å². The number of ether oxygens (including phenoxy) is 4. The number of carbonyl (C=O) groups excluding carboxylic acids is 2. The molecule has 2 aliphatic rings. The molecule has 2 aromatic heterocycles. The summed E-state index contributed by atoms with van der Waals surface area (Å²) in [6, 6.07) is 24.8. The lowest BCUT2D eigenvalue weighted by Crippen LogP contribution is -2.44. The molecule has 4 aromatic carbocycles. The van der Waals surface area contributed by atoms with Crippen LogP contribution in [-0.4, -0.2) is 112 Å². The Balaban J connectivity index is 0.000000199. The molecule has 0 saturated carbocycles. The summed E-state index contributed by atoms with van der Waals surface area (Å²) in [6.07, 6.45) is -9.52. The average Bonchev–Trinajstić information content (AvgIpc) is 3.28. The van der Waals surface area contributed by atoms with Gasteiger partial charge in [0.2, 0.25) is 0 Å².